The third-order valence-corrected chi connectivity index (χ3v) is 2.49. The number of carboxylic acid groups (broad SMARTS) is 1. The molecule has 0 radical (unpaired) electrons. The van der Waals surface area contributed by atoms with Gasteiger partial charge >= 0.3 is 5.97 Å². The number of carbonyl (C=O) groups is 3. The summed E-state index contributed by atoms with van der Waals surface area (Å²) in [7, 11) is 0. The van der Waals surface area contributed by atoms with Gasteiger partial charge in [0.2, 0.25) is 11.8 Å². The van der Waals surface area contributed by atoms with Crippen molar-refractivity contribution in [1.29, 1.82) is 0 Å². The molecule has 0 saturated carbocycles. The number of carboxylic acids is 1. The normalized spacial score (nSPS) is 9.95. The molecule has 0 bridgehead atoms. The third kappa shape index (κ3) is 4.21. The fraction of sp³-hybridized carbons (Fsp3) is 0.200. The van der Waals surface area contributed by atoms with Crippen LogP contribution in [-0.4, -0.2) is 41.0 Å². The van der Waals surface area contributed by atoms with Gasteiger partial charge in [0.1, 0.15) is 11.4 Å². The van der Waals surface area contributed by atoms with E-state index in [1.54, 1.807) is 0 Å². The molecule has 8 nitrogen and oxygen atoms in total. The Morgan fingerprint density at radius 3 is 2.21 bits per heavy atom. The van der Waals surface area contributed by atoms with E-state index in [0.717, 1.165) is 4.90 Å². The van der Waals surface area contributed by atoms with E-state index in [1.165, 1.54) is 12.3 Å². The molecule has 1 heterocycles. The summed E-state index contributed by atoms with van der Waals surface area (Å²) < 4.78 is 0.451. The second kappa shape index (κ2) is 6.14. The van der Waals surface area contributed by atoms with Crippen molar-refractivity contribution in [2.75, 3.05) is 18.0 Å². The highest BCUT2D eigenvalue weighted by Crippen LogP contribution is 2.21. The molecule has 0 unspecified atom stereocenters. The van der Waals surface area contributed by atoms with Crippen LogP contribution in [0.3, 0.4) is 0 Å². The van der Waals surface area contributed by atoms with Crippen molar-refractivity contribution in [3.8, 4) is 0 Å². The molecule has 0 spiro atoms. The van der Waals surface area contributed by atoms with Crippen molar-refractivity contribution in [2.24, 2.45) is 11.5 Å². The Hall–Kier alpha value is -2.16. The minimum atomic E-state index is -1.25. The Morgan fingerprint density at radius 2 is 1.79 bits per heavy atom. The third-order valence-electron chi connectivity index (χ3n) is 2.06. The van der Waals surface area contributed by atoms with Gasteiger partial charge in [0, 0.05) is 10.7 Å². The van der Waals surface area contributed by atoms with Gasteiger partial charge in [-0.3, -0.25) is 9.59 Å². The number of aromatic carboxylic acids is 1. The smallest absolute Gasteiger partial charge is 0.339 e. The maximum Gasteiger partial charge on any atom is 0.339 e. The molecule has 19 heavy (non-hydrogen) atoms. The second-order valence-corrected chi connectivity index (χ2v) is 4.53. The summed E-state index contributed by atoms with van der Waals surface area (Å²) in [4.78, 5) is 38.0. The highest BCUT2D eigenvalue weighted by molar-refractivity contribution is 9.10. The van der Waals surface area contributed by atoms with Gasteiger partial charge in [-0.2, -0.15) is 0 Å². The number of nitrogens with zero attached hydrogens (tertiary/aromatic N) is 2. The van der Waals surface area contributed by atoms with Crippen LogP contribution >= 0.6 is 15.9 Å². The molecule has 5 N–H and O–H groups in total. The summed E-state index contributed by atoms with van der Waals surface area (Å²) >= 11 is 3.09. The first-order valence-electron chi connectivity index (χ1n) is 5.01. The first-order valence-corrected chi connectivity index (χ1v) is 5.81. The summed E-state index contributed by atoms with van der Waals surface area (Å²) in [5.74, 6) is -2.76. The average molecular weight is 331 g/mol. The molecule has 0 aromatic carbocycles. The average Bonchev–Trinajstić information content (AvgIpc) is 2.26. The molecule has 102 valence electrons. The van der Waals surface area contributed by atoms with Crippen LogP contribution in [-0.2, 0) is 9.59 Å². The molecule has 0 aliphatic rings. The zero-order chi connectivity index (χ0) is 14.6. The SMILES string of the molecule is NC(=O)CN(CC(N)=O)c1ncc(Br)cc1C(=O)O. The van der Waals surface area contributed by atoms with Gasteiger partial charge < -0.3 is 21.5 Å². The summed E-state index contributed by atoms with van der Waals surface area (Å²) in [6, 6.07) is 1.31. The Labute approximate surface area is 116 Å². The topological polar surface area (TPSA) is 140 Å². The fourth-order valence-electron chi connectivity index (χ4n) is 1.42. The van der Waals surface area contributed by atoms with Crippen LogP contribution in [0, 0.1) is 0 Å². The number of hydrogen-bond donors (Lipinski definition) is 3. The number of halogens is 1. The lowest BCUT2D eigenvalue weighted by molar-refractivity contribution is -0.117. The van der Waals surface area contributed by atoms with Gasteiger partial charge in [-0.05, 0) is 22.0 Å². The van der Waals surface area contributed by atoms with E-state index >= 15 is 0 Å². The van der Waals surface area contributed by atoms with Crippen LogP contribution < -0.4 is 16.4 Å². The molecule has 0 saturated heterocycles. The van der Waals surface area contributed by atoms with Crippen LogP contribution in [0.5, 0.6) is 0 Å². The van der Waals surface area contributed by atoms with E-state index in [-0.39, 0.29) is 24.5 Å². The zero-order valence-electron chi connectivity index (χ0n) is 9.67. The maximum absolute atomic E-state index is 11.1. The van der Waals surface area contributed by atoms with Crippen LogP contribution in [0.1, 0.15) is 10.4 Å². The second-order valence-electron chi connectivity index (χ2n) is 3.62. The van der Waals surface area contributed by atoms with E-state index in [1.807, 2.05) is 0 Å². The minimum Gasteiger partial charge on any atom is -0.478 e. The number of pyridine rings is 1. The monoisotopic (exact) mass is 330 g/mol. The molecule has 0 atom stereocenters. The Morgan fingerprint density at radius 1 is 1.26 bits per heavy atom. The molecule has 1 aromatic heterocycles. The quantitative estimate of drug-likeness (QED) is 0.631. The molecule has 0 aliphatic heterocycles. The van der Waals surface area contributed by atoms with Gasteiger partial charge in [-0.25, -0.2) is 9.78 Å². The van der Waals surface area contributed by atoms with Gasteiger partial charge in [0.25, 0.3) is 0 Å². The standard InChI is InChI=1S/C10H11BrN4O4/c11-5-1-6(10(18)19)9(14-2-5)15(3-7(12)16)4-8(13)17/h1-2H,3-4H2,(H2,12,16)(H2,13,17)(H,18,19). The van der Waals surface area contributed by atoms with Crippen molar-refractivity contribution in [3.63, 3.8) is 0 Å². The molecule has 9 heteroatoms. The molecule has 1 aromatic rings. The number of rotatable bonds is 6. The number of amides is 2. The summed E-state index contributed by atoms with van der Waals surface area (Å²) in [6.45, 7) is -0.726. The Bertz CT molecular complexity index is 518. The highest BCUT2D eigenvalue weighted by Gasteiger charge is 2.21. The fourth-order valence-corrected chi connectivity index (χ4v) is 1.75. The summed E-state index contributed by atoms with van der Waals surface area (Å²) in [5, 5.41) is 9.09. The zero-order valence-corrected chi connectivity index (χ0v) is 11.3. The number of hydrogen-bond acceptors (Lipinski definition) is 5. The van der Waals surface area contributed by atoms with Crippen molar-refractivity contribution in [1.82, 2.24) is 4.98 Å². The maximum atomic E-state index is 11.1. The van der Waals surface area contributed by atoms with E-state index in [2.05, 4.69) is 20.9 Å². The lowest BCUT2D eigenvalue weighted by atomic mass is 10.2. The van der Waals surface area contributed by atoms with Crippen LogP contribution in [0.15, 0.2) is 16.7 Å². The number of nitrogens with two attached hydrogens (primary N) is 2. The van der Waals surface area contributed by atoms with E-state index in [0.29, 0.717) is 4.47 Å². The van der Waals surface area contributed by atoms with E-state index in [4.69, 9.17) is 16.6 Å². The van der Waals surface area contributed by atoms with Gasteiger partial charge in [0.15, 0.2) is 0 Å². The largest absolute Gasteiger partial charge is 0.478 e. The number of aromatic nitrogens is 1. The summed E-state index contributed by atoms with van der Waals surface area (Å²) in [6.07, 6.45) is 1.34. The van der Waals surface area contributed by atoms with Gasteiger partial charge in [-0.15, -0.1) is 0 Å². The van der Waals surface area contributed by atoms with Crippen LogP contribution in [0.4, 0.5) is 5.82 Å². The van der Waals surface area contributed by atoms with Crippen molar-refractivity contribution < 1.29 is 19.5 Å². The first kappa shape index (κ1) is 14.9. The van der Waals surface area contributed by atoms with Crippen molar-refractivity contribution in [2.45, 2.75) is 0 Å². The highest BCUT2D eigenvalue weighted by atomic mass is 79.9. The lowest BCUT2D eigenvalue weighted by Gasteiger charge is -2.22. The van der Waals surface area contributed by atoms with Gasteiger partial charge in [-0.1, -0.05) is 0 Å². The predicted molar refractivity (Wildman–Crippen MR) is 69.5 cm³/mol. The molecule has 0 fully saturated rings. The van der Waals surface area contributed by atoms with E-state index < -0.39 is 17.8 Å². The van der Waals surface area contributed by atoms with Crippen LogP contribution in [0.25, 0.3) is 0 Å². The van der Waals surface area contributed by atoms with E-state index in [9.17, 15) is 14.4 Å². The molecular formula is C10H11BrN4O4. The number of primary amides is 2. The number of anilines is 1. The molecule has 2 amide bonds. The Balaban J connectivity index is 3.24. The molecule has 1 rings (SSSR count). The van der Waals surface area contributed by atoms with Crippen molar-refractivity contribution in [3.05, 3.63) is 22.3 Å². The molecule has 0 aliphatic carbocycles. The number of carbonyl (C=O) groups excluding carboxylic acids is 2. The van der Waals surface area contributed by atoms with Crippen LogP contribution in [0.2, 0.25) is 0 Å². The lowest BCUT2D eigenvalue weighted by Crippen LogP contribution is -2.40. The predicted octanol–water partition coefficient (Wildman–Crippen LogP) is -0.681. The van der Waals surface area contributed by atoms with Gasteiger partial charge in [0.05, 0.1) is 13.1 Å². The summed E-state index contributed by atoms with van der Waals surface area (Å²) in [5.41, 5.74) is 9.92. The minimum absolute atomic E-state index is 0.0479. The molecular weight excluding hydrogens is 320 g/mol. The first-order chi connectivity index (χ1) is 8.81. The van der Waals surface area contributed by atoms with Crippen molar-refractivity contribution >= 4 is 39.5 Å². The Kier molecular flexibility index (Phi) is 4.81.